The monoisotopic (exact) mass is 273 g/mol. The largest absolute Gasteiger partial charge is 0.391 e. The summed E-state index contributed by atoms with van der Waals surface area (Å²) in [6, 6.07) is 3.07. The minimum absolute atomic E-state index is 0.152. The van der Waals surface area contributed by atoms with Gasteiger partial charge in [0.25, 0.3) is 0 Å². The van der Waals surface area contributed by atoms with Crippen LogP contribution >= 0.6 is 11.3 Å². The number of rotatable bonds is 5. The fourth-order valence-electron chi connectivity index (χ4n) is 1.21. The van der Waals surface area contributed by atoms with Gasteiger partial charge in [-0.25, -0.2) is 18.1 Å². The second-order valence-electron chi connectivity index (χ2n) is 3.28. The van der Waals surface area contributed by atoms with Gasteiger partial charge in [0.05, 0.1) is 19.5 Å². The first-order valence-electron chi connectivity index (χ1n) is 4.78. The van der Waals surface area contributed by atoms with Gasteiger partial charge in [-0.2, -0.15) is 0 Å². The van der Waals surface area contributed by atoms with Gasteiger partial charge in [-0.1, -0.05) is 0 Å². The molecule has 0 unspecified atom stereocenters. The Labute approximate surface area is 102 Å². The molecule has 17 heavy (non-hydrogen) atoms. The van der Waals surface area contributed by atoms with Crippen LogP contribution in [-0.4, -0.2) is 23.5 Å². The van der Waals surface area contributed by atoms with Crippen LogP contribution in [0, 0.1) is 0 Å². The highest BCUT2D eigenvalue weighted by atomic mass is 32.2. The number of imidazole rings is 1. The Kier molecular flexibility index (Phi) is 3.57. The number of thiophene rings is 1. The van der Waals surface area contributed by atoms with Gasteiger partial charge in [-0.3, -0.25) is 0 Å². The van der Waals surface area contributed by atoms with Crippen LogP contribution in [0.4, 0.5) is 0 Å². The molecule has 2 heterocycles. The molecule has 0 bridgehead atoms. The molecule has 0 saturated heterocycles. The van der Waals surface area contributed by atoms with Crippen LogP contribution in [0.2, 0.25) is 0 Å². The molecule has 8 heteroatoms. The van der Waals surface area contributed by atoms with E-state index in [0.717, 1.165) is 11.3 Å². The standard InChI is InChI=1S/C9H11N3O3S2/c13-5-8-1-2-9(16-8)17(14,15)12-4-7-3-10-6-11-7/h1-3,6,12-13H,4-5H2,(H,10,11). The van der Waals surface area contributed by atoms with Crippen molar-refractivity contribution in [2.45, 2.75) is 17.4 Å². The number of aromatic amines is 1. The van der Waals surface area contributed by atoms with Crippen LogP contribution < -0.4 is 4.72 Å². The molecule has 0 aliphatic carbocycles. The summed E-state index contributed by atoms with van der Waals surface area (Å²) in [7, 11) is -3.52. The van der Waals surface area contributed by atoms with Gasteiger partial charge in [0.1, 0.15) is 4.21 Å². The molecule has 0 radical (unpaired) electrons. The van der Waals surface area contributed by atoms with E-state index in [1.165, 1.54) is 12.4 Å². The number of hydrogen-bond acceptors (Lipinski definition) is 5. The van der Waals surface area contributed by atoms with Gasteiger partial charge < -0.3 is 10.1 Å². The predicted octanol–water partition coefficient (Wildman–Crippen LogP) is 0.442. The normalized spacial score (nSPS) is 11.8. The maximum absolute atomic E-state index is 11.8. The zero-order chi connectivity index (χ0) is 12.3. The van der Waals surface area contributed by atoms with Gasteiger partial charge in [-0.05, 0) is 12.1 Å². The van der Waals surface area contributed by atoms with E-state index >= 15 is 0 Å². The lowest BCUT2D eigenvalue weighted by molar-refractivity contribution is 0.285. The Morgan fingerprint density at radius 2 is 2.29 bits per heavy atom. The molecule has 0 aliphatic heterocycles. The van der Waals surface area contributed by atoms with E-state index in [-0.39, 0.29) is 17.4 Å². The van der Waals surface area contributed by atoms with Crippen molar-refractivity contribution >= 4 is 21.4 Å². The van der Waals surface area contributed by atoms with Crippen LogP contribution in [-0.2, 0) is 23.2 Å². The van der Waals surface area contributed by atoms with E-state index in [1.54, 1.807) is 12.3 Å². The summed E-state index contributed by atoms with van der Waals surface area (Å²) in [6.45, 7) is 0.00935. The fourth-order valence-corrected chi connectivity index (χ4v) is 3.48. The zero-order valence-corrected chi connectivity index (χ0v) is 10.4. The molecule has 0 saturated carbocycles. The summed E-state index contributed by atoms with van der Waals surface area (Å²) >= 11 is 1.05. The molecule has 0 atom stereocenters. The summed E-state index contributed by atoms with van der Waals surface area (Å²) in [6.07, 6.45) is 3.04. The Balaban J connectivity index is 2.08. The molecular weight excluding hydrogens is 262 g/mol. The van der Waals surface area contributed by atoms with Crippen LogP contribution in [0.15, 0.2) is 28.9 Å². The lowest BCUT2D eigenvalue weighted by Gasteiger charge is -2.02. The number of nitrogens with zero attached hydrogens (tertiary/aromatic N) is 1. The summed E-state index contributed by atoms with van der Waals surface area (Å²) in [5.41, 5.74) is 0.688. The number of hydrogen-bond donors (Lipinski definition) is 3. The van der Waals surface area contributed by atoms with Crippen LogP contribution in [0.3, 0.4) is 0 Å². The molecule has 0 aromatic carbocycles. The number of nitrogens with one attached hydrogen (secondary N) is 2. The van der Waals surface area contributed by atoms with E-state index < -0.39 is 10.0 Å². The average molecular weight is 273 g/mol. The van der Waals surface area contributed by atoms with Crippen LogP contribution in [0.1, 0.15) is 10.6 Å². The van der Waals surface area contributed by atoms with Crippen molar-refractivity contribution in [1.82, 2.24) is 14.7 Å². The molecular formula is C9H11N3O3S2. The van der Waals surface area contributed by atoms with Crippen molar-refractivity contribution < 1.29 is 13.5 Å². The lowest BCUT2D eigenvalue weighted by atomic mass is 10.5. The van der Waals surface area contributed by atoms with E-state index in [9.17, 15) is 8.42 Å². The lowest BCUT2D eigenvalue weighted by Crippen LogP contribution is -2.22. The Morgan fingerprint density at radius 3 is 2.88 bits per heavy atom. The topological polar surface area (TPSA) is 95.1 Å². The molecule has 0 amide bonds. The van der Waals surface area contributed by atoms with E-state index in [1.807, 2.05) is 0 Å². The van der Waals surface area contributed by atoms with Crippen molar-refractivity contribution in [2.75, 3.05) is 0 Å². The highest BCUT2D eigenvalue weighted by Gasteiger charge is 2.16. The first-order valence-corrected chi connectivity index (χ1v) is 7.08. The second kappa shape index (κ2) is 4.96. The Morgan fingerprint density at radius 1 is 1.47 bits per heavy atom. The zero-order valence-electron chi connectivity index (χ0n) is 8.75. The Hall–Kier alpha value is -1.22. The van der Waals surface area contributed by atoms with Crippen LogP contribution in [0.5, 0.6) is 0 Å². The number of H-pyrrole nitrogens is 1. The van der Waals surface area contributed by atoms with Crippen LogP contribution in [0.25, 0.3) is 0 Å². The number of aliphatic hydroxyl groups excluding tert-OH is 1. The van der Waals surface area contributed by atoms with Crippen molar-refractivity contribution in [3.05, 3.63) is 35.2 Å². The highest BCUT2D eigenvalue weighted by Crippen LogP contribution is 2.21. The van der Waals surface area contributed by atoms with Crippen molar-refractivity contribution in [1.29, 1.82) is 0 Å². The van der Waals surface area contributed by atoms with E-state index in [4.69, 9.17) is 5.11 Å². The van der Waals surface area contributed by atoms with Gasteiger partial charge in [-0.15, -0.1) is 11.3 Å². The molecule has 92 valence electrons. The first-order chi connectivity index (χ1) is 8.12. The van der Waals surface area contributed by atoms with Gasteiger partial charge >= 0.3 is 0 Å². The maximum Gasteiger partial charge on any atom is 0.250 e. The quantitative estimate of drug-likeness (QED) is 0.736. The number of aromatic nitrogens is 2. The number of sulfonamides is 1. The first kappa shape index (κ1) is 12.2. The summed E-state index contributed by atoms with van der Waals surface area (Å²) in [5.74, 6) is 0. The minimum Gasteiger partial charge on any atom is -0.391 e. The summed E-state index contributed by atoms with van der Waals surface area (Å²) in [4.78, 5) is 7.21. The van der Waals surface area contributed by atoms with E-state index in [2.05, 4.69) is 14.7 Å². The SMILES string of the molecule is O=S(=O)(NCc1cnc[nH]1)c1ccc(CO)s1. The molecule has 2 rings (SSSR count). The average Bonchev–Trinajstić information content (AvgIpc) is 2.98. The third-order valence-corrected chi connectivity index (χ3v) is 5.03. The smallest absolute Gasteiger partial charge is 0.250 e. The molecule has 0 aliphatic rings. The summed E-state index contributed by atoms with van der Waals surface area (Å²) < 4.78 is 26.3. The van der Waals surface area contributed by atoms with Gasteiger partial charge in [0.2, 0.25) is 10.0 Å². The number of aliphatic hydroxyl groups is 1. The minimum atomic E-state index is -3.52. The molecule has 3 N–H and O–H groups in total. The predicted molar refractivity (Wildman–Crippen MR) is 62.9 cm³/mol. The maximum atomic E-state index is 11.8. The Bertz CT molecular complexity index is 574. The van der Waals surface area contributed by atoms with Crippen molar-refractivity contribution in [3.8, 4) is 0 Å². The fraction of sp³-hybridized carbons (Fsp3) is 0.222. The molecule has 0 fully saturated rings. The second-order valence-corrected chi connectivity index (χ2v) is 6.44. The third kappa shape index (κ3) is 2.91. The third-order valence-electron chi connectivity index (χ3n) is 2.07. The molecule has 2 aromatic rings. The van der Waals surface area contributed by atoms with Gasteiger partial charge in [0.15, 0.2) is 0 Å². The van der Waals surface area contributed by atoms with Crippen molar-refractivity contribution in [3.63, 3.8) is 0 Å². The molecule has 0 spiro atoms. The molecule has 2 aromatic heterocycles. The highest BCUT2D eigenvalue weighted by molar-refractivity contribution is 7.91. The molecule has 6 nitrogen and oxygen atoms in total. The van der Waals surface area contributed by atoms with Crippen molar-refractivity contribution in [2.24, 2.45) is 0 Å². The van der Waals surface area contributed by atoms with E-state index in [0.29, 0.717) is 10.6 Å². The van der Waals surface area contributed by atoms with Gasteiger partial charge in [0, 0.05) is 16.8 Å². The summed E-state index contributed by atoms with van der Waals surface area (Å²) in [5, 5.41) is 8.88.